The molecule has 1 aliphatic heterocycles. The van der Waals surface area contributed by atoms with Crippen LogP contribution in [0.15, 0.2) is 0 Å². The fourth-order valence-corrected chi connectivity index (χ4v) is 2.58. The first-order chi connectivity index (χ1) is 9.90. The molecule has 2 heterocycles. The fourth-order valence-electron chi connectivity index (χ4n) is 2.58. The van der Waals surface area contributed by atoms with Crippen molar-refractivity contribution in [1.82, 2.24) is 9.78 Å². The number of nitrogens with zero attached hydrogens (tertiary/aromatic N) is 3. The van der Waals surface area contributed by atoms with E-state index in [0.29, 0.717) is 37.6 Å². The summed E-state index contributed by atoms with van der Waals surface area (Å²) in [7, 11) is 0. The average molecular weight is 298 g/mol. The monoisotopic (exact) mass is 298 g/mol. The van der Waals surface area contributed by atoms with Crippen LogP contribution in [0.4, 0.5) is 11.5 Å². The molecule has 0 unspecified atom stereocenters. The number of aliphatic hydroxyl groups is 1. The summed E-state index contributed by atoms with van der Waals surface area (Å²) in [4.78, 5) is 10.9. The maximum absolute atomic E-state index is 11.3. The van der Waals surface area contributed by atoms with Gasteiger partial charge < -0.3 is 15.2 Å². The van der Waals surface area contributed by atoms with Crippen LogP contribution in [-0.4, -0.2) is 45.2 Å². The molecule has 2 N–H and O–H groups in total. The van der Waals surface area contributed by atoms with E-state index in [1.165, 1.54) is 0 Å². The predicted octanol–water partition coefficient (Wildman–Crippen LogP) is 1.63. The van der Waals surface area contributed by atoms with E-state index in [-0.39, 0.29) is 18.3 Å². The summed E-state index contributed by atoms with van der Waals surface area (Å²) < 4.78 is 6.93. The Balaban J connectivity index is 2.43. The van der Waals surface area contributed by atoms with Gasteiger partial charge in [0.2, 0.25) is 5.82 Å². The standard InChI is InChI=1S/C13H22N4O4/c1-9(2)16-12(11(17(19)20)10(3)15-16)14-13(8-18)4-6-21-7-5-13/h9,14,18H,4-8H2,1-3H3. The molecule has 1 saturated heterocycles. The Morgan fingerprint density at radius 2 is 2.14 bits per heavy atom. The van der Waals surface area contributed by atoms with Crippen LogP contribution < -0.4 is 5.32 Å². The minimum Gasteiger partial charge on any atom is -0.394 e. The van der Waals surface area contributed by atoms with Crippen molar-refractivity contribution in [3.05, 3.63) is 15.8 Å². The molecule has 118 valence electrons. The third-order valence-corrected chi connectivity index (χ3v) is 3.86. The molecule has 2 rings (SSSR count). The number of anilines is 1. The molecule has 0 atom stereocenters. The highest BCUT2D eigenvalue weighted by molar-refractivity contribution is 5.61. The lowest BCUT2D eigenvalue weighted by Gasteiger charge is -2.37. The molecule has 1 aliphatic rings. The van der Waals surface area contributed by atoms with Gasteiger partial charge in [-0.1, -0.05) is 0 Å². The molecule has 0 aromatic carbocycles. The molecule has 0 saturated carbocycles. The first kappa shape index (κ1) is 15.7. The summed E-state index contributed by atoms with van der Waals surface area (Å²) in [6, 6.07) is -0.0181. The molecule has 1 aromatic rings. The number of nitro groups is 1. The van der Waals surface area contributed by atoms with Gasteiger partial charge in [-0.2, -0.15) is 5.10 Å². The van der Waals surface area contributed by atoms with Gasteiger partial charge in [0.1, 0.15) is 5.69 Å². The Morgan fingerprint density at radius 3 is 2.62 bits per heavy atom. The van der Waals surface area contributed by atoms with Crippen molar-refractivity contribution >= 4 is 11.5 Å². The number of nitrogens with one attached hydrogen (secondary N) is 1. The Bertz CT molecular complexity index is 520. The molecule has 1 fully saturated rings. The Hall–Kier alpha value is -1.67. The normalized spacial score (nSPS) is 18.0. The van der Waals surface area contributed by atoms with Crippen LogP contribution in [0, 0.1) is 17.0 Å². The molecule has 0 amide bonds. The van der Waals surface area contributed by atoms with Crippen molar-refractivity contribution < 1.29 is 14.8 Å². The zero-order valence-corrected chi connectivity index (χ0v) is 12.6. The Labute approximate surface area is 123 Å². The van der Waals surface area contributed by atoms with Gasteiger partial charge in [-0.25, -0.2) is 4.68 Å². The lowest BCUT2D eigenvalue weighted by molar-refractivity contribution is -0.384. The predicted molar refractivity (Wildman–Crippen MR) is 77.5 cm³/mol. The van der Waals surface area contributed by atoms with Gasteiger partial charge in [0.25, 0.3) is 0 Å². The van der Waals surface area contributed by atoms with E-state index in [4.69, 9.17) is 4.74 Å². The topological polar surface area (TPSA) is 102 Å². The second-order valence-electron chi connectivity index (χ2n) is 5.75. The average Bonchev–Trinajstić information content (AvgIpc) is 2.76. The van der Waals surface area contributed by atoms with Crippen molar-refractivity contribution in [2.24, 2.45) is 0 Å². The summed E-state index contributed by atoms with van der Waals surface area (Å²) >= 11 is 0. The van der Waals surface area contributed by atoms with Gasteiger partial charge in [-0.3, -0.25) is 10.1 Å². The van der Waals surface area contributed by atoms with Crippen LogP contribution in [0.25, 0.3) is 0 Å². The van der Waals surface area contributed by atoms with E-state index >= 15 is 0 Å². The third kappa shape index (κ3) is 3.01. The quantitative estimate of drug-likeness (QED) is 0.632. The molecular weight excluding hydrogens is 276 g/mol. The summed E-state index contributed by atoms with van der Waals surface area (Å²) in [5, 5.41) is 28.5. The second-order valence-corrected chi connectivity index (χ2v) is 5.75. The van der Waals surface area contributed by atoms with E-state index in [0.717, 1.165) is 0 Å². The van der Waals surface area contributed by atoms with Crippen LogP contribution in [0.1, 0.15) is 38.4 Å². The van der Waals surface area contributed by atoms with Crippen molar-refractivity contribution in [2.45, 2.75) is 45.2 Å². The summed E-state index contributed by atoms with van der Waals surface area (Å²) in [5.41, 5.74) is -0.248. The molecule has 8 heteroatoms. The van der Waals surface area contributed by atoms with Gasteiger partial charge in [0, 0.05) is 19.3 Å². The van der Waals surface area contributed by atoms with Gasteiger partial charge >= 0.3 is 5.69 Å². The van der Waals surface area contributed by atoms with E-state index < -0.39 is 10.5 Å². The maximum atomic E-state index is 11.3. The number of hydrogen-bond donors (Lipinski definition) is 2. The Morgan fingerprint density at radius 1 is 1.52 bits per heavy atom. The van der Waals surface area contributed by atoms with E-state index in [1.807, 2.05) is 13.8 Å². The lowest BCUT2D eigenvalue weighted by atomic mass is 9.91. The van der Waals surface area contributed by atoms with Gasteiger partial charge in [-0.15, -0.1) is 0 Å². The van der Waals surface area contributed by atoms with Gasteiger partial charge in [0.15, 0.2) is 0 Å². The third-order valence-electron chi connectivity index (χ3n) is 3.86. The second kappa shape index (κ2) is 5.98. The minimum absolute atomic E-state index is 0.0181. The molecule has 0 radical (unpaired) electrons. The van der Waals surface area contributed by atoms with Crippen molar-refractivity contribution in [1.29, 1.82) is 0 Å². The summed E-state index contributed by atoms with van der Waals surface area (Å²) in [6.07, 6.45) is 1.20. The highest BCUT2D eigenvalue weighted by atomic mass is 16.6. The smallest absolute Gasteiger partial charge is 0.333 e. The molecule has 0 spiro atoms. The number of hydrogen-bond acceptors (Lipinski definition) is 6. The first-order valence-corrected chi connectivity index (χ1v) is 7.10. The number of aromatic nitrogens is 2. The zero-order valence-electron chi connectivity index (χ0n) is 12.6. The molecule has 0 bridgehead atoms. The lowest BCUT2D eigenvalue weighted by Crippen LogP contribution is -2.47. The number of rotatable bonds is 5. The van der Waals surface area contributed by atoms with Crippen molar-refractivity contribution in [3.63, 3.8) is 0 Å². The molecule has 1 aromatic heterocycles. The maximum Gasteiger partial charge on any atom is 0.333 e. The van der Waals surface area contributed by atoms with Gasteiger partial charge in [0.05, 0.1) is 17.1 Å². The Kier molecular flexibility index (Phi) is 4.48. The van der Waals surface area contributed by atoms with Crippen LogP contribution in [0.2, 0.25) is 0 Å². The zero-order chi connectivity index (χ0) is 15.6. The van der Waals surface area contributed by atoms with Crippen LogP contribution in [0.3, 0.4) is 0 Å². The molecular formula is C13H22N4O4. The summed E-state index contributed by atoms with van der Waals surface area (Å²) in [6.45, 7) is 6.40. The number of ether oxygens (including phenoxy) is 1. The van der Waals surface area contributed by atoms with E-state index in [2.05, 4.69) is 10.4 Å². The van der Waals surface area contributed by atoms with Gasteiger partial charge in [-0.05, 0) is 33.6 Å². The first-order valence-electron chi connectivity index (χ1n) is 7.10. The number of aryl methyl sites for hydroxylation is 1. The van der Waals surface area contributed by atoms with E-state index in [1.54, 1.807) is 11.6 Å². The van der Waals surface area contributed by atoms with Crippen LogP contribution in [-0.2, 0) is 4.74 Å². The highest BCUT2D eigenvalue weighted by Gasteiger charge is 2.37. The largest absolute Gasteiger partial charge is 0.394 e. The molecule has 0 aliphatic carbocycles. The van der Waals surface area contributed by atoms with Crippen molar-refractivity contribution in [2.75, 3.05) is 25.1 Å². The minimum atomic E-state index is -0.595. The number of aliphatic hydroxyl groups excluding tert-OH is 1. The molecule has 8 nitrogen and oxygen atoms in total. The fraction of sp³-hybridized carbons (Fsp3) is 0.769. The van der Waals surface area contributed by atoms with E-state index in [9.17, 15) is 15.2 Å². The SMILES string of the molecule is Cc1nn(C(C)C)c(NC2(CO)CCOCC2)c1[N+](=O)[O-]. The molecule has 21 heavy (non-hydrogen) atoms. The highest BCUT2D eigenvalue weighted by Crippen LogP contribution is 2.35. The van der Waals surface area contributed by atoms with Crippen LogP contribution in [0.5, 0.6) is 0 Å². The van der Waals surface area contributed by atoms with Crippen molar-refractivity contribution in [3.8, 4) is 0 Å². The van der Waals surface area contributed by atoms with Crippen LogP contribution >= 0.6 is 0 Å². The summed E-state index contributed by atoms with van der Waals surface area (Å²) in [5.74, 6) is 0.364.